The first-order valence-electron chi connectivity index (χ1n) is 6.48. The molecule has 2 N–H and O–H groups in total. The van der Waals surface area contributed by atoms with Crippen LogP contribution in [0.3, 0.4) is 0 Å². The minimum Gasteiger partial charge on any atom is -0.405 e. The fourth-order valence-electron chi connectivity index (χ4n) is 2.14. The lowest BCUT2D eigenvalue weighted by Crippen LogP contribution is -1.88. The third kappa shape index (κ3) is 3.23. The lowest BCUT2D eigenvalue weighted by atomic mass is 9.96. The molecule has 0 aliphatic rings. The molecule has 0 bridgehead atoms. The summed E-state index contributed by atoms with van der Waals surface area (Å²) in [4.78, 5) is 4.06. The van der Waals surface area contributed by atoms with Crippen LogP contribution in [0.4, 0.5) is 0 Å². The average molecular weight is 262 g/mol. The molecular weight excluding hydrogens is 244 g/mol. The Morgan fingerprint density at radius 3 is 2.55 bits per heavy atom. The zero-order chi connectivity index (χ0) is 14.4. The van der Waals surface area contributed by atoms with Crippen molar-refractivity contribution in [1.29, 1.82) is 0 Å². The number of hydrogen-bond donors (Lipinski definition) is 1. The maximum Gasteiger partial charge on any atom is 0.0273 e. The highest BCUT2D eigenvalue weighted by Crippen LogP contribution is 2.26. The summed E-state index contributed by atoms with van der Waals surface area (Å²) in [5.41, 5.74) is 11.2. The number of allylic oxidation sites excluding steroid dienone is 4. The smallest absolute Gasteiger partial charge is 0.0273 e. The molecular formula is C18H18N2. The van der Waals surface area contributed by atoms with E-state index in [0.717, 1.165) is 16.7 Å². The summed E-state index contributed by atoms with van der Waals surface area (Å²) < 4.78 is 0. The van der Waals surface area contributed by atoms with E-state index in [1.165, 1.54) is 11.1 Å². The Hall–Kier alpha value is -2.61. The zero-order valence-electron chi connectivity index (χ0n) is 11.6. The third-order valence-corrected chi connectivity index (χ3v) is 3.00. The van der Waals surface area contributed by atoms with E-state index in [0.29, 0.717) is 0 Å². The molecule has 0 amide bonds. The van der Waals surface area contributed by atoms with E-state index < -0.39 is 0 Å². The standard InChI is InChI=1S/C18H18N2/c1-3-4-15(5-8-19)17-11-14(2)12-18(13-17)16-6-9-20-10-7-16/h3-13H,1,19H2,2H3/b8-5-,15-4+. The highest BCUT2D eigenvalue weighted by Gasteiger charge is 2.03. The second kappa shape index (κ2) is 6.53. The van der Waals surface area contributed by atoms with Gasteiger partial charge in [0, 0.05) is 12.4 Å². The zero-order valence-corrected chi connectivity index (χ0v) is 11.6. The summed E-state index contributed by atoms with van der Waals surface area (Å²) in [6.45, 7) is 5.84. The number of benzene rings is 1. The first kappa shape index (κ1) is 13.8. The second-order valence-corrected chi connectivity index (χ2v) is 4.54. The quantitative estimate of drug-likeness (QED) is 0.842. The number of nitrogens with zero attached hydrogens (tertiary/aromatic N) is 1. The maximum absolute atomic E-state index is 5.52. The van der Waals surface area contributed by atoms with E-state index in [1.807, 2.05) is 24.3 Å². The van der Waals surface area contributed by atoms with Crippen LogP contribution in [-0.2, 0) is 0 Å². The fourth-order valence-corrected chi connectivity index (χ4v) is 2.14. The minimum atomic E-state index is 1.04. The second-order valence-electron chi connectivity index (χ2n) is 4.54. The van der Waals surface area contributed by atoms with Crippen LogP contribution < -0.4 is 5.73 Å². The molecule has 2 heteroatoms. The summed E-state index contributed by atoms with van der Waals surface area (Å²) in [5, 5.41) is 0. The van der Waals surface area contributed by atoms with Gasteiger partial charge in [0.1, 0.15) is 0 Å². The highest BCUT2D eigenvalue weighted by molar-refractivity contribution is 5.79. The van der Waals surface area contributed by atoms with E-state index in [1.54, 1.807) is 24.7 Å². The van der Waals surface area contributed by atoms with Crippen LogP contribution in [0, 0.1) is 6.92 Å². The Labute approximate surface area is 120 Å². The number of nitrogens with two attached hydrogens (primary N) is 1. The van der Waals surface area contributed by atoms with Crippen molar-refractivity contribution in [2.75, 3.05) is 0 Å². The van der Waals surface area contributed by atoms with Gasteiger partial charge in [0.2, 0.25) is 0 Å². The van der Waals surface area contributed by atoms with Crippen molar-refractivity contribution in [3.63, 3.8) is 0 Å². The molecule has 0 saturated heterocycles. The molecule has 2 nitrogen and oxygen atoms in total. The van der Waals surface area contributed by atoms with Crippen LogP contribution in [0.15, 0.2) is 73.7 Å². The van der Waals surface area contributed by atoms with Gasteiger partial charge < -0.3 is 5.73 Å². The molecule has 0 aliphatic carbocycles. The molecule has 1 aromatic heterocycles. The molecule has 2 rings (SSSR count). The number of aryl methyl sites for hydroxylation is 1. The van der Waals surface area contributed by atoms with E-state index >= 15 is 0 Å². The molecule has 20 heavy (non-hydrogen) atoms. The minimum absolute atomic E-state index is 1.04. The topological polar surface area (TPSA) is 38.9 Å². The SMILES string of the molecule is C=C/C=C(\C=C/N)c1cc(C)cc(-c2ccncc2)c1. The van der Waals surface area contributed by atoms with Gasteiger partial charge in [0.05, 0.1) is 0 Å². The van der Waals surface area contributed by atoms with Gasteiger partial charge in [0.15, 0.2) is 0 Å². The van der Waals surface area contributed by atoms with Crippen LogP contribution in [-0.4, -0.2) is 4.98 Å². The molecule has 0 spiro atoms. The van der Waals surface area contributed by atoms with Gasteiger partial charge in [-0.25, -0.2) is 0 Å². The van der Waals surface area contributed by atoms with E-state index in [4.69, 9.17) is 5.73 Å². The first-order valence-corrected chi connectivity index (χ1v) is 6.48. The lowest BCUT2D eigenvalue weighted by molar-refractivity contribution is 1.33. The van der Waals surface area contributed by atoms with Crippen LogP contribution in [0.2, 0.25) is 0 Å². The lowest BCUT2D eigenvalue weighted by Gasteiger charge is -2.09. The molecule has 0 saturated carbocycles. The van der Waals surface area contributed by atoms with Gasteiger partial charge in [-0.1, -0.05) is 30.9 Å². The Bertz CT molecular complexity index is 652. The Morgan fingerprint density at radius 1 is 1.15 bits per heavy atom. The molecule has 1 aromatic carbocycles. The third-order valence-electron chi connectivity index (χ3n) is 3.00. The molecule has 2 aromatic rings. The number of rotatable bonds is 4. The van der Waals surface area contributed by atoms with Crippen molar-refractivity contribution in [3.8, 4) is 11.1 Å². The highest BCUT2D eigenvalue weighted by atomic mass is 14.6. The van der Waals surface area contributed by atoms with E-state index in [-0.39, 0.29) is 0 Å². The van der Waals surface area contributed by atoms with Crippen LogP contribution >= 0.6 is 0 Å². The predicted octanol–water partition coefficient (Wildman–Crippen LogP) is 4.10. The molecule has 1 heterocycles. The Kier molecular flexibility index (Phi) is 4.51. The summed E-state index contributed by atoms with van der Waals surface area (Å²) >= 11 is 0. The van der Waals surface area contributed by atoms with Crippen LogP contribution in [0.5, 0.6) is 0 Å². The normalized spacial score (nSPS) is 11.8. The van der Waals surface area contributed by atoms with Crippen molar-refractivity contribution in [2.24, 2.45) is 5.73 Å². The number of hydrogen-bond acceptors (Lipinski definition) is 2. The monoisotopic (exact) mass is 262 g/mol. The van der Waals surface area contributed by atoms with Crippen molar-refractivity contribution >= 4 is 5.57 Å². The molecule has 0 radical (unpaired) electrons. The van der Waals surface area contributed by atoms with E-state index in [9.17, 15) is 0 Å². The summed E-state index contributed by atoms with van der Waals surface area (Å²) in [5.74, 6) is 0. The summed E-state index contributed by atoms with van der Waals surface area (Å²) in [6, 6.07) is 10.5. The van der Waals surface area contributed by atoms with Gasteiger partial charge >= 0.3 is 0 Å². The van der Waals surface area contributed by atoms with Gasteiger partial charge in [-0.3, -0.25) is 4.98 Å². The van der Waals surface area contributed by atoms with E-state index in [2.05, 4.69) is 36.7 Å². The van der Waals surface area contributed by atoms with Crippen molar-refractivity contribution < 1.29 is 0 Å². The Balaban J connectivity index is 2.54. The van der Waals surface area contributed by atoms with Crippen molar-refractivity contribution in [3.05, 3.63) is 84.9 Å². The Morgan fingerprint density at radius 2 is 1.90 bits per heavy atom. The number of pyridine rings is 1. The molecule has 0 atom stereocenters. The van der Waals surface area contributed by atoms with Crippen LogP contribution in [0.25, 0.3) is 16.7 Å². The fraction of sp³-hybridized carbons (Fsp3) is 0.0556. The van der Waals surface area contributed by atoms with Crippen molar-refractivity contribution in [2.45, 2.75) is 6.92 Å². The predicted molar refractivity (Wildman–Crippen MR) is 85.9 cm³/mol. The average Bonchev–Trinajstić information content (AvgIpc) is 2.47. The molecule has 100 valence electrons. The molecule has 0 unspecified atom stereocenters. The van der Waals surface area contributed by atoms with Gasteiger partial charge in [-0.15, -0.1) is 0 Å². The summed E-state index contributed by atoms with van der Waals surface area (Å²) in [6.07, 6.45) is 10.8. The molecule has 0 fully saturated rings. The summed E-state index contributed by atoms with van der Waals surface area (Å²) in [7, 11) is 0. The first-order chi connectivity index (χ1) is 9.74. The number of aromatic nitrogens is 1. The van der Waals surface area contributed by atoms with Gasteiger partial charge in [-0.2, -0.15) is 0 Å². The van der Waals surface area contributed by atoms with Gasteiger partial charge in [0.25, 0.3) is 0 Å². The van der Waals surface area contributed by atoms with Crippen molar-refractivity contribution in [1.82, 2.24) is 4.98 Å². The maximum atomic E-state index is 5.52. The van der Waals surface area contributed by atoms with Crippen LogP contribution in [0.1, 0.15) is 11.1 Å². The van der Waals surface area contributed by atoms with Gasteiger partial charge in [-0.05, 0) is 65.2 Å². The largest absolute Gasteiger partial charge is 0.405 e. The molecule has 0 aliphatic heterocycles.